The van der Waals surface area contributed by atoms with Crippen molar-refractivity contribution in [2.45, 2.75) is 51.6 Å². The third-order valence-electron chi connectivity index (χ3n) is 6.18. The lowest BCUT2D eigenvalue weighted by Gasteiger charge is -2.18. The number of halogens is 3. The summed E-state index contributed by atoms with van der Waals surface area (Å²) >= 11 is 1.50. The second kappa shape index (κ2) is 9.97. The van der Waals surface area contributed by atoms with Gasteiger partial charge in [-0.15, -0.1) is 11.3 Å². The highest BCUT2D eigenvalue weighted by Gasteiger charge is 2.32. The quantitative estimate of drug-likeness (QED) is 0.246. The van der Waals surface area contributed by atoms with Crippen molar-refractivity contribution in [2.24, 2.45) is 0 Å². The van der Waals surface area contributed by atoms with Gasteiger partial charge in [-0.2, -0.15) is 13.2 Å². The Bertz CT molecular complexity index is 1370. The zero-order valence-corrected chi connectivity index (χ0v) is 21.0. The molecule has 36 heavy (non-hydrogen) atoms. The van der Waals surface area contributed by atoms with Crippen LogP contribution in [0.1, 0.15) is 48.9 Å². The number of aromatic amines is 1. The molecule has 0 saturated heterocycles. The van der Waals surface area contributed by atoms with Gasteiger partial charge >= 0.3 is 12.1 Å². The third kappa shape index (κ3) is 5.26. The number of H-pyrrole nitrogens is 1. The van der Waals surface area contributed by atoms with E-state index in [4.69, 9.17) is 9.72 Å². The molecule has 0 aliphatic carbocycles. The second-order valence-electron chi connectivity index (χ2n) is 9.15. The van der Waals surface area contributed by atoms with Crippen molar-refractivity contribution in [1.29, 1.82) is 0 Å². The van der Waals surface area contributed by atoms with Gasteiger partial charge in [-0.05, 0) is 56.2 Å². The van der Waals surface area contributed by atoms with Crippen LogP contribution in [-0.2, 0) is 29.2 Å². The molecule has 4 rings (SSSR count). The largest absolute Gasteiger partial charge is 0.493 e. The molecule has 0 aliphatic rings. The van der Waals surface area contributed by atoms with Gasteiger partial charge in [0.1, 0.15) is 10.8 Å². The standard InChI is InChI=1S/C27H27F3N2O3S/c1-4-5-23-22(32-24(36-23)16-6-8-17(9-7-16)27(28,29)30)12-13-35-18-10-11-21-19(14-18)20(15-31-21)26(2,3)25(33)34/h6-11,14-15,31H,4-5,12-13H2,1-3H3,(H,33,34). The average Bonchev–Trinajstić information content (AvgIpc) is 3.43. The predicted octanol–water partition coefficient (Wildman–Crippen LogP) is 7.25. The topological polar surface area (TPSA) is 75.2 Å². The number of benzene rings is 2. The van der Waals surface area contributed by atoms with Gasteiger partial charge in [-0.25, -0.2) is 4.98 Å². The summed E-state index contributed by atoms with van der Waals surface area (Å²) in [6, 6.07) is 10.6. The summed E-state index contributed by atoms with van der Waals surface area (Å²) in [6.07, 6.45) is -0.348. The molecule has 4 aromatic rings. The van der Waals surface area contributed by atoms with Crippen molar-refractivity contribution in [2.75, 3.05) is 6.61 Å². The molecule has 9 heteroatoms. The highest BCUT2D eigenvalue weighted by molar-refractivity contribution is 7.15. The first kappa shape index (κ1) is 25.8. The van der Waals surface area contributed by atoms with Gasteiger partial charge in [-0.3, -0.25) is 4.79 Å². The Kier molecular flexibility index (Phi) is 7.13. The Morgan fingerprint density at radius 1 is 1.11 bits per heavy atom. The summed E-state index contributed by atoms with van der Waals surface area (Å²) in [5.74, 6) is -0.287. The minimum atomic E-state index is -4.37. The number of carbonyl (C=O) groups is 1. The molecule has 0 unspecified atom stereocenters. The molecule has 0 bridgehead atoms. The number of nitrogens with zero attached hydrogens (tertiary/aromatic N) is 1. The van der Waals surface area contributed by atoms with Crippen LogP contribution in [0.3, 0.4) is 0 Å². The lowest BCUT2D eigenvalue weighted by molar-refractivity contribution is -0.142. The fraction of sp³-hybridized carbons (Fsp3) is 0.333. The lowest BCUT2D eigenvalue weighted by Crippen LogP contribution is -2.28. The van der Waals surface area contributed by atoms with E-state index < -0.39 is 23.1 Å². The van der Waals surface area contributed by atoms with E-state index in [9.17, 15) is 23.1 Å². The number of nitrogens with one attached hydrogen (secondary N) is 1. The molecule has 0 amide bonds. The fourth-order valence-electron chi connectivity index (χ4n) is 4.01. The number of aromatic nitrogens is 2. The molecule has 0 atom stereocenters. The number of thiazole rings is 1. The Morgan fingerprint density at radius 3 is 2.47 bits per heavy atom. The van der Waals surface area contributed by atoms with Crippen molar-refractivity contribution in [3.05, 3.63) is 70.4 Å². The number of aliphatic carboxylic acids is 1. The van der Waals surface area contributed by atoms with Gasteiger partial charge in [0.15, 0.2) is 0 Å². The monoisotopic (exact) mass is 516 g/mol. The SMILES string of the molecule is CCCc1sc(-c2ccc(C(F)(F)F)cc2)nc1CCOc1ccc2[nH]cc(C(C)(C)C(=O)O)c2c1. The summed E-state index contributed by atoms with van der Waals surface area (Å²) in [4.78, 5) is 20.7. The van der Waals surface area contributed by atoms with Gasteiger partial charge in [-0.1, -0.05) is 25.5 Å². The molecule has 0 fully saturated rings. The van der Waals surface area contributed by atoms with Gasteiger partial charge in [0.2, 0.25) is 0 Å². The van der Waals surface area contributed by atoms with E-state index in [1.807, 2.05) is 18.2 Å². The van der Waals surface area contributed by atoms with Crippen LogP contribution >= 0.6 is 11.3 Å². The third-order valence-corrected chi connectivity index (χ3v) is 7.39. The molecule has 5 nitrogen and oxygen atoms in total. The Labute approximate surface area is 211 Å². The van der Waals surface area contributed by atoms with E-state index in [2.05, 4.69) is 11.9 Å². The van der Waals surface area contributed by atoms with Crippen LogP contribution in [0, 0.1) is 0 Å². The Hall–Kier alpha value is -3.33. The molecule has 2 N–H and O–H groups in total. The fourth-order valence-corrected chi connectivity index (χ4v) is 5.23. The first-order valence-corrected chi connectivity index (χ1v) is 12.5. The van der Waals surface area contributed by atoms with Gasteiger partial charge in [0.25, 0.3) is 0 Å². The molecule has 2 heterocycles. The number of ether oxygens (including phenoxy) is 1. The minimum absolute atomic E-state index is 0.362. The molecular weight excluding hydrogens is 489 g/mol. The summed E-state index contributed by atoms with van der Waals surface area (Å²) in [5, 5.41) is 11.1. The zero-order chi connectivity index (χ0) is 26.1. The summed E-state index contributed by atoms with van der Waals surface area (Å²) in [7, 11) is 0. The normalized spacial score (nSPS) is 12.3. The van der Waals surface area contributed by atoms with Crippen LogP contribution in [-0.4, -0.2) is 27.7 Å². The highest BCUT2D eigenvalue weighted by atomic mass is 32.1. The van der Waals surface area contributed by atoms with E-state index in [0.717, 1.165) is 46.4 Å². The summed E-state index contributed by atoms with van der Waals surface area (Å²) < 4.78 is 44.7. The molecule has 0 aliphatic heterocycles. The van der Waals surface area contributed by atoms with Gasteiger partial charge < -0.3 is 14.8 Å². The van der Waals surface area contributed by atoms with E-state index in [1.54, 1.807) is 20.0 Å². The molecule has 0 spiro atoms. The number of hydrogen-bond acceptors (Lipinski definition) is 4. The van der Waals surface area contributed by atoms with Gasteiger partial charge in [0, 0.05) is 34.0 Å². The Morgan fingerprint density at radius 2 is 1.83 bits per heavy atom. The maximum absolute atomic E-state index is 12.9. The highest BCUT2D eigenvalue weighted by Crippen LogP contribution is 2.35. The van der Waals surface area contributed by atoms with Gasteiger partial charge in [0.05, 0.1) is 23.3 Å². The first-order valence-electron chi connectivity index (χ1n) is 11.6. The number of hydrogen-bond donors (Lipinski definition) is 2. The van der Waals surface area contributed by atoms with Crippen molar-refractivity contribution >= 4 is 28.2 Å². The number of carboxylic acids is 1. The van der Waals surface area contributed by atoms with Crippen LogP contribution in [0.4, 0.5) is 13.2 Å². The number of rotatable bonds is 9. The average molecular weight is 517 g/mol. The number of carboxylic acid groups (broad SMARTS) is 1. The second-order valence-corrected chi connectivity index (χ2v) is 10.2. The number of fused-ring (bicyclic) bond motifs is 1. The summed E-state index contributed by atoms with van der Waals surface area (Å²) in [6.45, 7) is 5.76. The van der Waals surface area contributed by atoms with Crippen LogP contribution in [0.15, 0.2) is 48.7 Å². The molecule has 0 saturated carbocycles. The van der Waals surface area contributed by atoms with E-state index >= 15 is 0 Å². The molecule has 0 radical (unpaired) electrons. The Balaban J connectivity index is 1.50. The molecule has 2 aromatic carbocycles. The van der Waals surface area contributed by atoms with Crippen molar-refractivity contribution in [3.63, 3.8) is 0 Å². The predicted molar refractivity (Wildman–Crippen MR) is 135 cm³/mol. The van der Waals surface area contributed by atoms with E-state index in [0.29, 0.717) is 34.9 Å². The molecule has 2 aromatic heterocycles. The smallest absolute Gasteiger partial charge is 0.416 e. The molecule has 190 valence electrons. The van der Waals surface area contributed by atoms with E-state index in [1.165, 1.54) is 23.5 Å². The van der Waals surface area contributed by atoms with Crippen LogP contribution in [0.2, 0.25) is 0 Å². The van der Waals surface area contributed by atoms with Crippen LogP contribution in [0.25, 0.3) is 21.5 Å². The maximum atomic E-state index is 12.9. The maximum Gasteiger partial charge on any atom is 0.416 e. The van der Waals surface area contributed by atoms with Crippen molar-refractivity contribution < 1.29 is 27.8 Å². The zero-order valence-electron chi connectivity index (χ0n) is 20.2. The minimum Gasteiger partial charge on any atom is -0.493 e. The molecular formula is C27H27F3N2O3S. The van der Waals surface area contributed by atoms with Crippen LogP contribution < -0.4 is 4.74 Å². The lowest BCUT2D eigenvalue weighted by atomic mass is 9.84. The van der Waals surface area contributed by atoms with Crippen molar-refractivity contribution in [3.8, 4) is 16.3 Å². The summed E-state index contributed by atoms with van der Waals surface area (Å²) in [5.41, 5.74) is 1.32. The van der Waals surface area contributed by atoms with Crippen LogP contribution in [0.5, 0.6) is 5.75 Å². The first-order chi connectivity index (χ1) is 17.0. The number of alkyl halides is 3. The van der Waals surface area contributed by atoms with E-state index in [-0.39, 0.29) is 0 Å². The number of aryl methyl sites for hydroxylation is 1. The van der Waals surface area contributed by atoms with Crippen molar-refractivity contribution in [1.82, 2.24) is 9.97 Å².